The third-order valence-electron chi connectivity index (χ3n) is 2.47. The molecule has 5 nitrogen and oxygen atoms in total. The molecule has 1 aromatic carbocycles. The van der Waals surface area contributed by atoms with Crippen molar-refractivity contribution in [3.05, 3.63) is 38.9 Å². The molecule has 0 bridgehead atoms. The lowest BCUT2D eigenvalue weighted by Crippen LogP contribution is -2.21. The monoisotopic (exact) mass is 286 g/mol. The van der Waals surface area contributed by atoms with E-state index >= 15 is 0 Å². The standard InChI is InChI=1S/C13H19ClN2O3/c1-10(2)9-19-7-6-15-8-11-12(14)4-3-5-13(11)16(17)18/h3-5,10,15H,6-9H2,1-2H3. The number of nitrogens with one attached hydrogen (secondary N) is 1. The fourth-order valence-corrected chi connectivity index (χ4v) is 1.81. The Morgan fingerprint density at radius 3 is 2.84 bits per heavy atom. The van der Waals surface area contributed by atoms with Gasteiger partial charge in [-0.25, -0.2) is 0 Å². The van der Waals surface area contributed by atoms with Crippen LogP contribution in [0.3, 0.4) is 0 Å². The van der Waals surface area contributed by atoms with Gasteiger partial charge < -0.3 is 10.1 Å². The van der Waals surface area contributed by atoms with Gasteiger partial charge in [-0.15, -0.1) is 0 Å². The molecule has 0 saturated carbocycles. The lowest BCUT2D eigenvalue weighted by Gasteiger charge is -2.09. The van der Waals surface area contributed by atoms with E-state index in [-0.39, 0.29) is 5.69 Å². The van der Waals surface area contributed by atoms with Gasteiger partial charge in [-0.2, -0.15) is 0 Å². The summed E-state index contributed by atoms with van der Waals surface area (Å²) >= 11 is 5.98. The van der Waals surface area contributed by atoms with Crippen molar-refractivity contribution in [1.82, 2.24) is 5.32 Å². The van der Waals surface area contributed by atoms with E-state index in [0.717, 1.165) is 0 Å². The topological polar surface area (TPSA) is 64.4 Å². The van der Waals surface area contributed by atoms with Gasteiger partial charge in [-0.1, -0.05) is 31.5 Å². The van der Waals surface area contributed by atoms with Crippen LogP contribution in [0.1, 0.15) is 19.4 Å². The van der Waals surface area contributed by atoms with Crippen LogP contribution in [0.4, 0.5) is 5.69 Å². The third-order valence-corrected chi connectivity index (χ3v) is 2.82. The fraction of sp³-hybridized carbons (Fsp3) is 0.538. The SMILES string of the molecule is CC(C)COCCNCc1c(Cl)cccc1[N+](=O)[O-]. The van der Waals surface area contributed by atoms with Gasteiger partial charge >= 0.3 is 0 Å². The maximum absolute atomic E-state index is 10.9. The molecule has 6 heteroatoms. The molecule has 0 saturated heterocycles. The molecule has 0 fully saturated rings. The van der Waals surface area contributed by atoms with Crippen LogP contribution in [0.5, 0.6) is 0 Å². The number of halogens is 1. The largest absolute Gasteiger partial charge is 0.380 e. The highest BCUT2D eigenvalue weighted by Crippen LogP contribution is 2.25. The van der Waals surface area contributed by atoms with Crippen LogP contribution < -0.4 is 5.32 Å². The molecule has 0 heterocycles. The summed E-state index contributed by atoms with van der Waals surface area (Å²) in [6.07, 6.45) is 0. The summed E-state index contributed by atoms with van der Waals surface area (Å²) in [5, 5.41) is 14.4. The molecule has 0 amide bonds. The number of hydrogen-bond acceptors (Lipinski definition) is 4. The maximum atomic E-state index is 10.9. The molecule has 0 aliphatic heterocycles. The average molecular weight is 287 g/mol. The van der Waals surface area contributed by atoms with Gasteiger partial charge in [0.15, 0.2) is 0 Å². The Bertz CT molecular complexity index is 424. The lowest BCUT2D eigenvalue weighted by molar-refractivity contribution is -0.385. The molecule has 0 aliphatic carbocycles. The molecule has 0 unspecified atom stereocenters. The number of rotatable bonds is 8. The molecule has 0 aromatic heterocycles. The fourth-order valence-electron chi connectivity index (χ4n) is 1.57. The Morgan fingerprint density at radius 2 is 2.21 bits per heavy atom. The molecule has 1 N–H and O–H groups in total. The minimum Gasteiger partial charge on any atom is -0.380 e. The highest BCUT2D eigenvalue weighted by atomic mass is 35.5. The third kappa shape index (κ3) is 5.55. The smallest absolute Gasteiger partial charge is 0.275 e. The van der Waals surface area contributed by atoms with Crippen LogP contribution >= 0.6 is 11.6 Å². The molecule has 0 radical (unpaired) electrons. The van der Waals surface area contributed by atoms with Gasteiger partial charge in [-0.3, -0.25) is 10.1 Å². The van der Waals surface area contributed by atoms with E-state index in [1.807, 2.05) is 0 Å². The molecule has 106 valence electrons. The molecule has 0 aliphatic rings. The predicted molar refractivity (Wildman–Crippen MR) is 75.5 cm³/mol. The average Bonchev–Trinajstić information content (AvgIpc) is 2.34. The van der Waals surface area contributed by atoms with Crippen LogP contribution in [0.25, 0.3) is 0 Å². The summed E-state index contributed by atoms with van der Waals surface area (Å²) in [5.74, 6) is 0.504. The van der Waals surface area contributed by atoms with Crippen molar-refractivity contribution in [3.63, 3.8) is 0 Å². The number of hydrogen-bond donors (Lipinski definition) is 1. The summed E-state index contributed by atoms with van der Waals surface area (Å²) in [7, 11) is 0. The summed E-state index contributed by atoms with van der Waals surface area (Å²) in [4.78, 5) is 10.5. The Kier molecular flexibility index (Phi) is 6.77. The number of nitro groups is 1. The highest BCUT2D eigenvalue weighted by Gasteiger charge is 2.15. The van der Waals surface area contributed by atoms with Crippen molar-refractivity contribution in [3.8, 4) is 0 Å². The van der Waals surface area contributed by atoms with Gasteiger partial charge in [0.05, 0.1) is 22.1 Å². The van der Waals surface area contributed by atoms with E-state index in [0.29, 0.717) is 42.8 Å². The van der Waals surface area contributed by atoms with E-state index in [1.165, 1.54) is 6.07 Å². The molecule has 19 heavy (non-hydrogen) atoms. The molecular formula is C13H19ClN2O3. The van der Waals surface area contributed by atoms with Crippen molar-refractivity contribution in [2.24, 2.45) is 5.92 Å². The van der Waals surface area contributed by atoms with E-state index in [9.17, 15) is 10.1 Å². The number of ether oxygens (including phenoxy) is 1. The van der Waals surface area contributed by atoms with Crippen LogP contribution in [-0.4, -0.2) is 24.7 Å². The zero-order valence-electron chi connectivity index (χ0n) is 11.2. The summed E-state index contributed by atoms with van der Waals surface area (Å²) in [6, 6.07) is 4.69. The number of nitrogens with zero attached hydrogens (tertiary/aromatic N) is 1. The minimum absolute atomic E-state index is 0.0445. The van der Waals surface area contributed by atoms with E-state index in [2.05, 4.69) is 19.2 Å². The Hall–Kier alpha value is -1.17. The lowest BCUT2D eigenvalue weighted by atomic mass is 10.2. The molecule has 0 spiro atoms. The first-order chi connectivity index (χ1) is 9.02. The maximum Gasteiger partial charge on any atom is 0.275 e. The van der Waals surface area contributed by atoms with Crippen molar-refractivity contribution in [1.29, 1.82) is 0 Å². The van der Waals surface area contributed by atoms with Crippen LogP contribution in [0.15, 0.2) is 18.2 Å². The Labute approximate surface area is 118 Å². The first kappa shape index (κ1) is 15.9. The van der Waals surface area contributed by atoms with Gasteiger partial charge in [0, 0.05) is 25.8 Å². The van der Waals surface area contributed by atoms with Crippen molar-refractivity contribution >= 4 is 17.3 Å². The zero-order valence-corrected chi connectivity index (χ0v) is 11.9. The van der Waals surface area contributed by atoms with Gasteiger partial charge in [-0.05, 0) is 12.0 Å². The van der Waals surface area contributed by atoms with E-state index in [4.69, 9.17) is 16.3 Å². The number of benzene rings is 1. The minimum atomic E-state index is -0.418. The molecular weight excluding hydrogens is 268 g/mol. The Balaban J connectivity index is 2.43. The van der Waals surface area contributed by atoms with Crippen molar-refractivity contribution in [2.45, 2.75) is 20.4 Å². The second-order valence-corrected chi connectivity index (χ2v) is 5.05. The van der Waals surface area contributed by atoms with Gasteiger partial charge in [0.25, 0.3) is 5.69 Å². The Morgan fingerprint density at radius 1 is 1.47 bits per heavy atom. The second-order valence-electron chi connectivity index (χ2n) is 4.64. The second kappa shape index (κ2) is 8.09. The van der Waals surface area contributed by atoms with Gasteiger partial charge in [0.1, 0.15) is 0 Å². The zero-order chi connectivity index (χ0) is 14.3. The highest BCUT2D eigenvalue weighted by molar-refractivity contribution is 6.31. The summed E-state index contributed by atoms with van der Waals surface area (Å²) in [5.41, 5.74) is 0.557. The molecule has 1 aromatic rings. The molecule has 1 rings (SSSR count). The predicted octanol–water partition coefficient (Wildman–Crippen LogP) is 3.01. The first-order valence-electron chi connectivity index (χ1n) is 6.22. The quantitative estimate of drug-likeness (QED) is 0.453. The van der Waals surface area contributed by atoms with Crippen molar-refractivity contribution in [2.75, 3.05) is 19.8 Å². The van der Waals surface area contributed by atoms with Crippen molar-refractivity contribution < 1.29 is 9.66 Å². The summed E-state index contributed by atoms with van der Waals surface area (Å²) in [6.45, 7) is 6.46. The number of nitro benzene ring substituents is 1. The normalized spacial score (nSPS) is 10.9. The van der Waals surface area contributed by atoms with Crippen LogP contribution in [0, 0.1) is 16.0 Å². The van der Waals surface area contributed by atoms with Crippen LogP contribution in [0.2, 0.25) is 5.02 Å². The van der Waals surface area contributed by atoms with Crippen LogP contribution in [-0.2, 0) is 11.3 Å². The van der Waals surface area contributed by atoms with Gasteiger partial charge in [0.2, 0.25) is 0 Å². The first-order valence-corrected chi connectivity index (χ1v) is 6.60. The molecule has 0 atom stereocenters. The summed E-state index contributed by atoms with van der Waals surface area (Å²) < 4.78 is 5.41. The van der Waals surface area contributed by atoms with E-state index in [1.54, 1.807) is 12.1 Å². The van der Waals surface area contributed by atoms with E-state index < -0.39 is 4.92 Å².